The summed E-state index contributed by atoms with van der Waals surface area (Å²) < 4.78 is 18.3. The summed E-state index contributed by atoms with van der Waals surface area (Å²) in [6.07, 6.45) is 0.553. The van der Waals surface area contributed by atoms with E-state index in [2.05, 4.69) is 5.32 Å². The summed E-state index contributed by atoms with van der Waals surface area (Å²) in [5.41, 5.74) is -0.785. The largest absolute Gasteiger partial charge is 0.493 e. The summed E-state index contributed by atoms with van der Waals surface area (Å²) in [6, 6.07) is 5.81. The van der Waals surface area contributed by atoms with E-state index in [-0.39, 0.29) is 37.1 Å². The summed E-state index contributed by atoms with van der Waals surface area (Å²) in [4.78, 5) is 22.9. The summed E-state index contributed by atoms with van der Waals surface area (Å²) in [6.45, 7) is 5.76. The van der Waals surface area contributed by atoms with E-state index in [0.717, 1.165) is 0 Å². The van der Waals surface area contributed by atoms with Gasteiger partial charge in [0.1, 0.15) is 11.6 Å². The lowest BCUT2D eigenvalue weighted by molar-refractivity contribution is -0.139. The van der Waals surface area contributed by atoms with Crippen LogP contribution in [0.3, 0.4) is 0 Å². The van der Waals surface area contributed by atoms with Gasteiger partial charge >= 0.3 is 5.97 Å². The molecule has 0 heterocycles. The van der Waals surface area contributed by atoms with Crippen LogP contribution in [0.15, 0.2) is 24.3 Å². The van der Waals surface area contributed by atoms with Crippen LogP contribution in [0.1, 0.15) is 40.0 Å². The predicted molar refractivity (Wildman–Crippen MR) is 84.8 cm³/mol. The minimum atomic E-state index is -0.948. The van der Waals surface area contributed by atoms with Crippen molar-refractivity contribution in [1.82, 2.24) is 5.32 Å². The molecule has 0 fully saturated rings. The van der Waals surface area contributed by atoms with Crippen LogP contribution >= 0.6 is 0 Å². The number of nitrogens with one attached hydrogen (secondary N) is 1. The summed E-state index contributed by atoms with van der Waals surface area (Å²) >= 11 is 0. The molecular formula is C17H24FNO4. The molecule has 0 aromatic heterocycles. The number of ether oxygens (including phenoxy) is 1. The van der Waals surface area contributed by atoms with E-state index in [9.17, 15) is 14.0 Å². The number of carboxylic acid groups (broad SMARTS) is 1. The minimum Gasteiger partial charge on any atom is -0.493 e. The van der Waals surface area contributed by atoms with Crippen molar-refractivity contribution in [2.45, 2.75) is 45.6 Å². The van der Waals surface area contributed by atoms with Gasteiger partial charge in [-0.15, -0.1) is 0 Å². The van der Waals surface area contributed by atoms with Gasteiger partial charge in [0, 0.05) is 18.0 Å². The Labute approximate surface area is 135 Å². The van der Waals surface area contributed by atoms with Crippen LogP contribution in [0.5, 0.6) is 5.75 Å². The zero-order valence-electron chi connectivity index (χ0n) is 13.8. The van der Waals surface area contributed by atoms with E-state index in [1.807, 2.05) is 13.8 Å². The van der Waals surface area contributed by atoms with Gasteiger partial charge in [0.2, 0.25) is 5.91 Å². The number of amides is 1. The number of benzene rings is 1. The van der Waals surface area contributed by atoms with E-state index < -0.39 is 11.5 Å². The van der Waals surface area contributed by atoms with Gasteiger partial charge in [0.25, 0.3) is 0 Å². The quantitative estimate of drug-likeness (QED) is 0.684. The fraction of sp³-hybridized carbons (Fsp3) is 0.529. The highest BCUT2D eigenvalue weighted by atomic mass is 19.1. The Hall–Kier alpha value is -2.11. The number of halogens is 1. The van der Waals surface area contributed by atoms with Gasteiger partial charge in [-0.25, -0.2) is 4.39 Å². The van der Waals surface area contributed by atoms with E-state index >= 15 is 0 Å². The topological polar surface area (TPSA) is 75.6 Å². The maximum absolute atomic E-state index is 13.0. The van der Waals surface area contributed by atoms with Gasteiger partial charge in [0.15, 0.2) is 0 Å². The molecule has 1 amide bonds. The van der Waals surface area contributed by atoms with Crippen molar-refractivity contribution in [2.75, 3.05) is 6.61 Å². The molecule has 0 aliphatic heterocycles. The van der Waals surface area contributed by atoms with Gasteiger partial charge < -0.3 is 15.2 Å². The predicted octanol–water partition coefficient (Wildman–Crippen LogP) is 2.99. The van der Waals surface area contributed by atoms with E-state index in [4.69, 9.17) is 9.84 Å². The third-order valence-corrected chi connectivity index (χ3v) is 3.83. The number of aliphatic carboxylic acids is 1. The van der Waals surface area contributed by atoms with E-state index in [0.29, 0.717) is 12.2 Å². The van der Waals surface area contributed by atoms with Gasteiger partial charge in [-0.3, -0.25) is 9.59 Å². The van der Waals surface area contributed by atoms with Gasteiger partial charge in [-0.05, 0) is 31.4 Å². The van der Waals surface area contributed by atoms with E-state index in [1.54, 1.807) is 19.1 Å². The Morgan fingerprint density at radius 2 is 2.09 bits per heavy atom. The summed E-state index contributed by atoms with van der Waals surface area (Å²) in [5, 5.41) is 11.8. The summed E-state index contributed by atoms with van der Waals surface area (Å²) in [7, 11) is 0. The van der Waals surface area contributed by atoms with Gasteiger partial charge in [-0.1, -0.05) is 19.9 Å². The average Bonchev–Trinajstić information content (AvgIpc) is 2.42. The second kappa shape index (κ2) is 8.50. The number of carboxylic acids is 1. The molecule has 6 heteroatoms. The molecule has 1 aromatic rings. The number of carbonyl (C=O) groups is 2. The van der Waals surface area contributed by atoms with Gasteiger partial charge in [0.05, 0.1) is 13.0 Å². The Morgan fingerprint density at radius 1 is 1.39 bits per heavy atom. The molecule has 0 saturated carbocycles. The molecule has 1 rings (SSSR count). The number of carbonyl (C=O) groups excluding carboxylic acids is 1. The first-order valence-corrected chi connectivity index (χ1v) is 7.64. The number of rotatable bonds is 9. The first-order valence-electron chi connectivity index (χ1n) is 7.64. The molecule has 1 aromatic carbocycles. The maximum atomic E-state index is 13.0. The fourth-order valence-electron chi connectivity index (χ4n) is 2.07. The normalized spacial score (nSPS) is 13.4. The highest BCUT2D eigenvalue weighted by molar-refractivity contribution is 5.78. The Balaban J connectivity index is 2.39. The molecule has 1 unspecified atom stereocenters. The standard InChI is InChI=1S/C17H24FNO4/c1-12(2)17(3,11-16(21)22)19-15(20)8-5-9-23-14-7-4-6-13(18)10-14/h4,6-7,10,12H,5,8-9,11H2,1-3H3,(H,19,20)(H,21,22). The molecule has 5 nitrogen and oxygen atoms in total. The first-order chi connectivity index (χ1) is 10.7. The van der Waals surface area contributed by atoms with Gasteiger partial charge in [-0.2, -0.15) is 0 Å². The van der Waals surface area contributed by atoms with Crippen molar-refractivity contribution in [3.05, 3.63) is 30.1 Å². The smallest absolute Gasteiger partial charge is 0.305 e. The first kappa shape index (κ1) is 18.9. The lowest BCUT2D eigenvalue weighted by Crippen LogP contribution is -2.51. The molecule has 1 atom stereocenters. The molecule has 0 saturated heterocycles. The third-order valence-electron chi connectivity index (χ3n) is 3.83. The van der Waals surface area contributed by atoms with Crippen molar-refractivity contribution < 1.29 is 23.8 Å². The van der Waals surface area contributed by atoms with Crippen LogP contribution in [0.25, 0.3) is 0 Å². The van der Waals surface area contributed by atoms with Crippen LogP contribution in [0.4, 0.5) is 4.39 Å². The van der Waals surface area contributed by atoms with Crippen molar-refractivity contribution in [1.29, 1.82) is 0 Å². The molecule has 0 bridgehead atoms. The zero-order chi connectivity index (χ0) is 17.5. The third kappa shape index (κ3) is 6.67. The highest BCUT2D eigenvalue weighted by Crippen LogP contribution is 2.21. The SMILES string of the molecule is CC(C)C(C)(CC(=O)O)NC(=O)CCCOc1cccc(F)c1. The van der Waals surface area contributed by atoms with Crippen molar-refractivity contribution in [3.8, 4) is 5.75 Å². The molecule has 2 N–H and O–H groups in total. The monoisotopic (exact) mass is 325 g/mol. The second-order valence-electron chi connectivity index (χ2n) is 6.10. The fourth-order valence-corrected chi connectivity index (χ4v) is 2.07. The Bertz CT molecular complexity index is 547. The Morgan fingerprint density at radius 3 is 2.65 bits per heavy atom. The molecule has 23 heavy (non-hydrogen) atoms. The summed E-state index contributed by atoms with van der Waals surface area (Å²) in [5.74, 6) is -1.13. The van der Waals surface area contributed by atoms with Crippen LogP contribution in [0.2, 0.25) is 0 Å². The lowest BCUT2D eigenvalue weighted by atomic mass is 9.85. The van der Waals surface area contributed by atoms with Crippen molar-refractivity contribution in [3.63, 3.8) is 0 Å². The second-order valence-corrected chi connectivity index (χ2v) is 6.10. The number of hydrogen-bond acceptors (Lipinski definition) is 3. The molecule has 128 valence electrons. The van der Waals surface area contributed by atoms with Crippen LogP contribution in [-0.2, 0) is 9.59 Å². The molecule has 0 aliphatic rings. The van der Waals surface area contributed by atoms with Crippen LogP contribution < -0.4 is 10.1 Å². The van der Waals surface area contributed by atoms with E-state index in [1.165, 1.54) is 12.1 Å². The van der Waals surface area contributed by atoms with Crippen LogP contribution in [0, 0.1) is 11.7 Å². The molecule has 0 aliphatic carbocycles. The van der Waals surface area contributed by atoms with Crippen molar-refractivity contribution in [2.24, 2.45) is 5.92 Å². The molecular weight excluding hydrogens is 301 g/mol. The minimum absolute atomic E-state index is 0.00825. The highest BCUT2D eigenvalue weighted by Gasteiger charge is 2.32. The van der Waals surface area contributed by atoms with Crippen molar-refractivity contribution >= 4 is 11.9 Å². The zero-order valence-corrected chi connectivity index (χ0v) is 13.8. The maximum Gasteiger partial charge on any atom is 0.305 e. The Kier molecular flexibility index (Phi) is 7.00. The number of hydrogen-bond donors (Lipinski definition) is 2. The van der Waals surface area contributed by atoms with Crippen LogP contribution in [-0.4, -0.2) is 29.1 Å². The lowest BCUT2D eigenvalue weighted by Gasteiger charge is -2.33. The average molecular weight is 325 g/mol. The molecule has 0 spiro atoms. The molecule has 0 radical (unpaired) electrons.